The lowest BCUT2D eigenvalue weighted by molar-refractivity contribution is -0.142. The molecule has 0 unspecified atom stereocenters. The summed E-state index contributed by atoms with van der Waals surface area (Å²) in [6.07, 6.45) is 0.745. The molecule has 1 atom stereocenters. The predicted octanol–water partition coefficient (Wildman–Crippen LogP) is 0.695. The number of ether oxygens (including phenoxy) is 1. The van der Waals surface area contributed by atoms with E-state index in [-0.39, 0.29) is 6.42 Å². The Morgan fingerprint density at radius 1 is 1.68 bits per heavy atom. The minimum absolute atomic E-state index is 0.214. The fraction of sp³-hybridized carbons (Fsp3) is 0.250. The van der Waals surface area contributed by atoms with E-state index in [0.717, 1.165) is 7.41 Å². The Bertz CT molecular complexity index is 516. The van der Waals surface area contributed by atoms with Gasteiger partial charge in [-0.1, -0.05) is 11.6 Å². The number of nitrogens with zero attached hydrogens (tertiary/aromatic N) is 1. The number of halogens is 1. The zero-order chi connectivity index (χ0) is 14.3. The molecule has 0 amide bonds. The van der Waals surface area contributed by atoms with Gasteiger partial charge in [0.25, 0.3) is 7.41 Å². The maximum atomic E-state index is 11.6. The molecule has 1 radical (unpaired) electrons. The van der Waals surface area contributed by atoms with Gasteiger partial charge in [-0.05, 0) is 30.2 Å². The van der Waals surface area contributed by atoms with Crippen molar-refractivity contribution in [3.05, 3.63) is 34.3 Å². The summed E-state index contributed by atoms with van der Waals surface area (Å²) in [6.45, 7) is 0. The Labute approximate surface area is 116 Å². The number of hydrogen-bond acceptors (Lipinski definition) is 5. The van der Waals surface area contributed by atoms with Crippen molar-refractivity contribution in [2.24, 2.45) is 0 Å². The van der Waals surface area contributed by atoms with Crippen LogP contribution in [0, 0.1) is 11.3 Å². The molecule has 0 aromatic heterocycles. The van der Waals surface area contributed by atoms with E-state index in [1.54, 1.807) is 18.2 Å². The van der Waals surface area contributed by atoms with E-state index >= 15 is 0 Å². The summed E-state index contributed by atoms with van der Waals surface area (Å²) in [4.78, 5) is 21.9. The van der Waals surface area contributed by atoms with Gasteiger partial charge in [-0.2, -0.15) is 5.26 Å². The van der Waals surface area contributed by atoms with E-state index in [1.807, 2.05) is 6.07 Å². The van der Waals surface area contributed by atoms with Gasteiger partial charge in [-0.25, -0.2) is 0 Å². The standard InChI is InChI=1S/C12H11BClN2O3/c1-19-12(18)11(16-13-7-17)5-9-4-8(6-15)2-3-10(9)14/h2-4,7,11,16H,5H2,1H3/t11-/m0/s1. The van der Waals surface area contributed by atoms with Crippen LogP contribution >= 0.6 is 11.6 Å². The number of esters is 1. The molecule has 0 fully saturated rings. The van der Waals surface area contributed by atoms with Gasteiger partial charge >= 0.3 is 5.97 Å². The summed E-state index contributed by atoms with van der Waals surface area (Å²) < 4.78 is 4.63. The van der Waals surface area contributed by atoms with Crippen LogP contribution in [0.1, 0.15) is 11.1 Å². The maximum absolute atomic E-state index is 11.6. The van der Waals surface area contributed by atoms with Crippen LogP contribution in [-0.4, -0.2) is 32.7 Å². The second-order valence-electron chi connectivity index (χ2n) is 3.67. The first kappa shape index (κ1) is 15.2. The van der Waals surface area contributed by atoms with Gasteiger partial charge in [0.05, 0.1) is 24.9 Å². The molecule has 0 aliphatic rings. The topological polar surface area (TPSA) is 79.2 Å². The van der Waals surface area contributed by atoms with Gasteiger partial charge in [0.15, 0.2) is 0 Å². The zero-order valence-electron chi connectivity index (χ0n) is 10.2. The van der Waals surface area contributed by atoms with Gasteiger partial charge < -0.3 is 14.8 Å². The second kappa shape index (κ2) is 7.57. The van der Waals surface area contributed by atoms with Crippen molar-refractivity contribution in [1.29, 1.82) is 5.26 Å². The SMILES string of the molecule is COC(=O)[C@H](Cc1cc(C#N)ccc1Cl)N[B]C=O. The molecule has 0 spiro atoms. The number of carbonyl (C=O) groups excluding carboxylic acids is 2. The molecule has 5 nitrogen and oxygen atoms in total. The van der Waals surface area contributed by atoms with Crippen LogP contribution in [0.15, 0.2) is 18.2 Å². The summed E-state index contributed by atoms with van der Waals surface area (Å²) in [5.74, 6) is -0.517. The fourth-order valence-electron chi connectivity index (χ4n) is 1.53. The van der Waals surface area contributed by atoms with E-state index in [2.05, 4.69) is 9.96 Å². The highest BCUT2D eigenvalue weighted by molar-refractivity contribution is 6.64. The van der Waals surface area contributed by atoms with Crippen LogP contribution in [0.3, 0.4) is 0 Å². The third-order valence-corrected chi connectivity index (χ3v) is 2.82. The van der Waals surface area contributed by atoms with Gasteiger partial charge in [0.2, 0.25) is 0 Å². The van der Waals surface area contributed by atoms with Crippen molar-refractivity contribution in [1.82, 2.24) is 5.23 Å². The number of rotatable bonds is 6. The lowest BCUT2D eigenvalue weighted by Crippen LogP contribution is -2.42. The Morgan fingerprint density at radius 3 is 3.00 bits per heavy atom. The molecule has 0 saturated heterocycles. The smallest absolute Gasteiger partial charge is 0.322 e. The van der Waals surface area contributed by atoms with E-state index < -0.39 is 12.0 Å². The van der Waals surface area contributed by atoms with Crippen molar-refractivity contribution in [2.75, 3.05) is 7.11 Å². The Morgan fingerprint density at radius 2 is 2.42 bits per heavy atom. The minimum Gasteiger partial charge on any atom is -0.468 e. The number of methoxy groups -OCH3 is 1. The molecule has 0 bridgehead atoms. The average molecular weight is 277 g/mol. The lowest BCUT2D eigenvalue weighted by Gasteiger charge is -2.15. The molecular weight excluding hydrogens is 266 g/mol. The molecule has 97 valence electrons. The highest BCUT2D eigenvalue weighted by atomic mass is 35.5. The molecular formula is C12H11BClN2O3. The molecule has 1 aromatic carbocycles. The van der Waals surface area contributed by atoms with E-state index in [1.165, 1.54) is 7.11 Å². The average Bonchev–Trinajstić information content (AvgIpc) is 2.44. The minimum atomic E-state index is -0.735. The molecule has 0 aliphatic carbocycles. The third kappa shape index (κ3) is 4.40. The number of nitriles is 1. The second-order valence-corrected chi connectivity index (χ2v) is 4.07. The Kier molecular flexibility index (Phi) is 6.06. The molecule has 0 aliphatic heterocycles. The summed E-state index contributed by atoms with van der Waals surface area (Å²) in [5, 5.41) is 11.9. The van der Waals surface area contributed by atoms with Crippen LogP contribution in [0.4, 0.5) is 0 Å². The lowest BCUT2D eigenvalue weighted by atomic mass is 9.94. The first-order valence-corrected chi connectivity index (χ1v) is 5.79. The molecule has 1 N–H and O–H groups in total. The van der Waals surface area contributed by atoms with Gasteiger partial charge in [-0.15, -0.1) is 0 Å². The number of hydrogen-bond donors (Lipinski definition) is 1. The quantitative estimate of drug-likeness (QED) is 0.470. The first-order chi connectivity index (χ1) is 9.12. The highest BCUT2D eigenvalue weighted by Crippen LogP contribution is 2.19. The summed E-state index contributed by atoms with van der Waals surface area (Å²) in [7, 11) is 2.37. The normalized spacial score (nSPS) is 11.2. The van der Waals surface area contributed by atoms with E-state index in [9.17, 15) is 9.59 Å². The monoisotopic (exact) mass is 277 g/mol. The van der Waals surface area contributed by atoms with E-state index in [0.29, 0.717) is 22.3 Å². The largest absolute Gasteiger partial charge is 0.468 e. The zero-order valence-corrected chi connectivity index (χ0v) is 11.0. The predicted molar refractivity (Wildman–Crippen MR) is 71.3 cm³/mol. The molecule has 1 aromatic rings. The fourth-order valence-corrected chi connectivity index (χ4v) is 1.72. The number of carbonyl (C=O) groups is 2. The van der Waals surface area contributed by atoms with Crippen LogP contribution in [0.2, 0.25) is 5.02 Å². The molecule has 19 heavy (non-hydrogen) atoms. The van der Waals surface area contributed by atoms with Crippen molar-refractivity contribution >= 4 is 31.2 Å². The van der Waals surface area contributed by atoms with Crippen LogP contribution < -0.4 is 5.23 Å². The molecule has 7 heteroatoms. The molecule has 0 saturated carbocycles. The summed E-state index contributed by atoms with van der Waals surface area (Å²) >= 11 is 6.01. The van der Waals surface area contributed by atoms with Crippen LogP contribution in [-0.2, 0) is 20.7 Å². The van der Waals surface area contributed by atoms with Crippen molar-refractivity contribution in [3.8, 4) is 6.07 Å². The molecule has 0 heterocycles. The van der Waals surface area contributed by atoms with Gasteiger partial charge in [-0.3, -0.25) is 4.79 Å². The third-order valence-electron chi connectivity index (χ3n) is 2.45. The van der Waals surface area contributed by atoms with Crippen molar-refractivity contribution < 1.29 is 14.3 Å². The Balaban J connectivity index is 2.92. The summed E-state index contributed by atoms with van der Waals surface area (Å²) in [5.41, 5.74) is 1.07. The van der Waals surface area contributed by atoms with Crippen LogP contribution in [0.5, 0.6) is 0 Å². The number of nitrogens with one attached hydrogen (secondary N) is 1. The van der Waals surface area contributed by atoms with Crippen molar-refractivity contribution in [3.63, 3.8) is 0 Å². The van der Waals surface area contributed by atoms with E-state index in [4.69, 9.17) is 16.9 Å². The van der Waals surface area contributed by atoms with Gasteiger partial charge in [0, 0.05) is 5.02 Å². The maximum Gasteiger partial charge on any atom is 0.322 e. The summed E-state index contributed by atoms with van der Waals surface area (Å²) in [6, 6.07) is 6.04. The Hall–Kier alpha value is -1.84. The van der Waals surface area contributed by atoms with Gasteiger partial charge in [0.1, 0.15) is 6.04 Å². The highest BCUT2D eigenvalue weighted by Gasteiger charge is 2.20. The first-order valence-electron chi connectivity index (χ1n) is 5.41. The molecule has 1 rings (SSSR count). The van der Waals surface area contributed by atoms with Crippen LogP contribution in [0.25, 0.3) is 0 Å². The van der Waals surface area contributed by atoms with Crippen molar-refractivity contribution in [2.45, 2.75) is 12.5 Å². The number of benzene rings is 1.